The van der Waals surface area contributed by atoms with Gasteiger partial charge in [0.15, 0.2) is 5.66 Å². The molecule has 8 nitrogen and oxygen atoms in total. The normalized spacial score (nSPS) is 11.9. The molecule has 0 aliphatic carbocycles. The first-order valence-corrected chi connectivity index (χ1v) is 11.0. The number of hydrogen-bond acceptors (Lipinski definition) is 7. The summed E-state index contributed by atoms with van der Waals surface area (Å²) < 4.78 is 36.4. The molecule has 0 saturated heterocycles. The number of para-hydroxylation sites is 2. The molecule has 0 amide bonds. The van der Waals surface area contributed by atoms with E-state index in [9.17, 15) is 14.7 Å². The third-order valence-corrected chi connectivity index (χ3v) is 6.59. The van der Waals surface area contributed by atoms with Crippen molar-refractivity contribution in [2.45, 2.75) is 5.66 Å². The lowest BCUT2D eigenvalue weighted by Crippen LogP contribution is -2.19. The number of methoxy groups -OCH3 is 2. The third kappa shape index (κ3) is 5.55. The lowest BCUT2D eigenvalue weighted by atomic mass is 10.1. The molecule has 162 valence electrons. The Morgan fingerprint density at radius 2 is 1.39 bits per heavy atom. The number of hydrogen-bond donors (Lipinski definition) is 0. The van der Waals surface area contributed by atoms with Gasteiger partial charge in [-0.15, -0.1) is 0 Å². The zero-order valence-corrected chi connectivity index (χ0v) is 17.9. The Kier molecular flexibility index (Phi) is 7.15. The molecule has 0 radical (unpaired) electrons. The van der Waals surface area contributed by atoms with Crippen LogP contribution in [0.1, 0.15) is 11.2 Å². The summed E-state index contributed by atoms with van der Waals surface area (Å²) in [5.74, 6) is 1.30. The fourth-order valence-electron chi connectivity index (χ4n) is 3.01. The Bertz CT molecular complexity index is 1010. The van der Waals surface area contributed by atoms with E-state index >= 15 is 0 Å². The van der Waals surface area contributed by atoms with E-state index in [-0.39, 0.29) is 17.2 Å². The number of nitrogens with zero attached hydrogens (tertiary/aromatic N) is 1. The van der Waals surface area contributed by atoms with Gasteiger partial charge in [0.25, 0.3) is 0 Å². The monoisotopic (exact) mass is 443 g/mol. The summed E-state index contributed by atoms with van der Waals surface area (Å²) in [7, 11) is -1.27. The van der Waals surface area contributed by atoms with Crippen molar-refractivity contribution in [1.82, 2.24) is 0 Å². The molecule has 31 heavy (non-hydrogen) atoms. The zero-order valence-electron chi connectivity index (χ0n) is 17.0. The highest BCUT2D eigenvalue weighted by molar-refractivity contribution is 7.55. The summed E-state index contributed by atoms with van der Waals surface area (Å²) >= 11 is 0. The first kappa shape index (κ1) is 22.2. The lowest BCUT2D eigenvalue weighted by Gasteiger charge is -2.26. The molecule has 0 fully saturated rings. The minimum Gasteiger partial charge on any atom is -0.497 e. The molecule has 0 heterocycles. The molecule has 9 heteroatoms. The minimum atomic E-state index is -4.18. The Labute approximate surface area is 180 Å². The maximum Gasteiger partial charge on any atom is 0.445 e. The number of ether oxygens (including phenoxy) is 2. The van der Waals surface area contributed by atoms with Gasteiger partial charge in [-0.2, -0.15) is 0 Å². The van der Waals surface area contributed by atoms with Crippen LogP contribution in [0.25, 0.3) is 0 Å². The van der Waals surface area contributed by atoms with Crippen molar-refractivity contribution in [1.29, 1.82) is 0 Å². The molecule has 0 unspecified atom stereocenters. The first-order chi connectivity index (χ1) is 14.9. The van der Waals surface area contributed by atoms with Crippen LogP contribution in [0.3, 0.4) is 0 Å². The van der Waals surface area contributed by atoms with Crippen molar-refractivity contribution in [3.8, 4) is 23.0 Å². The molecule has 0 saturated carbocycles. The predicted molar refractivity (Wildman–Crippen MR) is 116 cm³/mol. The molecule has 1 atom stereocenters. The predicted octanol–water partition coefficient (Wildman–Crippen LogP) is 5.37. The van der Waals surface area contributed by atoms with E-state index in [1.54, 1.807) is 78.9 Å². The second-order valence-corrected chi connectivity index (χ2v) is 8.56. The maximum absolute atomic E-state index is 14.2. The standard InChI is InChI=1S/C22H22NO7P/c1-27-19-13-14-20(21(15-19)28-2)22(16-23(24)25)31(26,29-17-9-5-3-6-10-17)30-18-11-7-4-8-12-18/h3-15,22H,16H2,1-2H3/t22-/m1/s1. The molecule has 0 N–H and O–H groups in total. The Morgan fingerprint density at radius 1 is 0.839 bits per heavy atom. The van der Waals surface area contributed by atoms with Gasteiger partial charge in [0, 0.05) is 16.6 Å². The van der Waals surface area contributed by atoms with Gasteiger partial charge < -0.3 is 18.5 Å². The van der Waals surface area contributed by atoms with Gasteiger partial charge in [0.05, 0.1) is 14.2 Å². The van der Waals surface area contributed by atoms with E-state index in [4.69, 9.17) is 18.5 Å². The van der Waals surface area contributed by atoms with Crippen molar-refractivity contribution in [2.24, 2.45) is 0 Å². The number of rotatable bonds is 10. The van der Waals surface area contributed by atoms with Gasteiger partial charge in [-0.25, -0.2) is 4.57 Å². The van der Waals surface area contributed by atoms with Crippen molar-refractivity contribution in [2.75, 3.05) is 20.8 Å². The topological polar surface area (TPSA) is 97.1 Å². The largest absolute Gasteiger partial charge is 0.497 e. The van der Waals surface area contributed by atoms with Crippen LogP contribution in [0.15, 0.2) is 78.9 Å². The highest BCUT2D eigenvalue weighted by Crippen LogP contribution is 2.61. The van der Waals surface area contributed by atoms with Crippen LogP contribution < -0.4 is 18.5 Å². The van der Waals surface area contributed by atoms with Crippen LogP contribution in [-0.4, -0.2) is 25.7 Å². The Hall–Kier alpha value is -3.51. The molecular weight excluding hydrogens is 421 g/mol. The summed E-state index contributed by atoms with van der Waals surface area (Å²) in [6.45, 7) is -0.695. The van der Waals surface area contributed by atoms with Crippen LogP contribution in [0.4, 0.5) is 0 Å². The van der Waals surface area contributed by atoms with E-state index < -0.39 is 24.7 Å². The van der Waals surface area contributed by atoms with Gasteiger partial charge in [-0.1, -0.05) is 42.5 Å². The van der Waals surface area contributed by atoms with Crippen molar-refractivity contribution in [3.05, 3.63) is 94.5 Å². The molecule has 0 aromatic heterocycles. The van der Waals surface area contributed by atoms with E-state index in [1.165, 1.54) is 14.2 Å². The second-order valence-electron chi connectivity index (χ2n) is 6.49. The second kappa shape index (κ2) is 10.00. The number of benzene rings is 3. The Balaban J connectivity index is 2.13. The highest BCUT2D eigenvalue weighted by atomic mass is 31.2. The smallest absolute Gasteiger partial charge is 0.445 e. The maximum atomic E-state index is 14.2. The molecule has 0 spiro atoms. The van der Waals surface area contributed by atoms with Crippen LogP contribution >= 0.6 is 7.60 Å². The average Bonchev–Trinajstić information content (AvgIpc) is 2.78. The molecule has 0 aliphatic heterocycles. The van der Waals surface area contributed by atoms with Crippen LogP contribution in [0.5, 0.6) is 23.0 Å². The lowest BCUT2D eigenvalue weighted by molar-refractivity contribution is -0.480. The summed E-state index contributed by atoms with van der Waals surface area (Å²) in [5, 5.41) is 11.6. The molecule has 0 aliphatic rings. The highest BCUT2D eigenvalue weighted by Gasteiger charge is 2.45. The van der Waals surface area contributed by atoms with Gasteiger partial charge in [0.2, 0.25) is 6.54 Å². The van der Waals surface area contributed by atoms with Crippen molar-refractivity contribution in [3.63, 3.8) is 0 Å². The van der Waals surface area contributed by atoms with E-state index in [1.807, 2.05) is 0 Å². The van der Waals surface area contributed by atoms with E-state index in [0.717, 1.165) is 0 Å². The SMILES string of the molecule is COc1ccc([C@@H](C[N+](=O)[O-])P(=O)(Oc2ccccc2)Oc2ccccc2)c(OC)c1. The summed E-state index contributed by atoms with van der Waals surface area (Å²) in [6, 6.07) is 21.6. The van der Waals surface area contributed by atoms with Crippen LogP contribution in [0.2, 0.25) is 0 Å². The first-order valence-electron chi connectivity index (χ1n) is 9.38. The van der Waals surface area contributed by atoms with Gasteiger partial charge >= 0.3 is 7.60 Å². The third-order valence-electron chi connectivity index (χ3n) is 4.46. The van der Waals surface area contributed by atoms with E-state index in [0.29, 0.717) is 11.3 Å². The van der Waals surface area contributed by atoms with Crippen LogP contribution in [0, 0.1) is 10.1 Å². The fourth-order valence-corrected chi connectivity index (χ4v) is 5.02. The molecule has 3 aromatic rings. The fraction of sp³-hybridized carbons (Fsp3) is 0.182. The summed E-state index contributed by atoms with van der Waals surface area (Å²) in [4.78, 5) is 11.0. The number of nitro groups is 1. The van der Waals surface area contributed by atoms with Gasteiger partial charge in [0.1, 0.15) is 23.0 Å². The summed E-state index contributed by atoms with van der Waals surface area (Å²) in [6.07, 6.45) is 0. The molecule has 3 aromatic carbocycles. The Morgan fingerprint density at radius 3 is 1.84 bits per heavy atom. The van der Waals surface area contributed by atoms with Crippen molar-refractivity contribution < 1.29 is 28.0 Å². The van der Waals surface area contributed by atoms with Crippen LogP contribution in [-0.2, 0) is 4.57 Å². The zero-order chi connectivity index (χ0) is 22.3. The minimum absolute atomic E-state index is 0.266. The molecular formula is C22H22NO7P. The summed E-state index contributed by atoms with van der Waals surface area (Å²) in [5.41, 5.74) is -0.932. The quantitative estimate of drug-likeness (QED) is 0.236. The molecule has 0 bridgehead atoms. The average molecular weight is 443 g/mol. The van der Waals surface area contributed by atoms with Gasteiger partial charge in [-0.3, -0.25) is 10.1 Å². The van der Waals surface area contributed by atoms with Crippen molar-refractivity contribution >= 4 is 7.60 Å². The molecule has 3 rings (SSSR count). The van der Waals surface area contributed by atoms with Gasteiger partial charge in [-0.05, 0) is 30.3 Å². The van der Waals surface area contributed by atoms with E-state index in [2.05, 4.69) is 0 Å².